The summed E-state index contributed by atoms with van der Waals surface area (Å²) < 4.78 is 5.13. The highest BCUT2D eigenvalue weighted by Gasteiger charge is 2.00. The van der Waals surface area contributed by atoms with Gasteiger partial charge >= 0.3 is 0 Å². The molecule has 0 atom stereocenters. The van der Waals surface area contributed by atoms with Crippen LogP contribution in [0.1, 0.15) is 17.4 Å². The lowest BCUT2D eigenvalue weighted by Crippen LogP contribution is -2.38. The van der Waals surface area contributed by atoms with Crippen molar-refractivity contribution in [3.8, 4) is 5.88 Å². The number of nitrogens with zero attached hydrogens (tertiary/aromatic N) is 2. The van der Waals surface area contributed by atoms with Crippen molar-refractivity contribution in [1.82, 2.24) is 15.6 Å². The zero-order valence-corrected chi connectivity index (χ0v) is 13.8. The van der Waals surface area contributed by atoms with E-state index in [1.54, 1.807) is 24.6 Å². The number of aromatic nitrogens is 1. The first-order chi connectivity index (χ1) is 10.8. The minimum absolute atomic E-state index is 0.590. The third-order valence-corrected chi connectivity index (χ3v) is 3.95. The molecule has 2 aromatic heterocycles. The van der Waals surface area contributed by atoms with Gasteiger partial charge in [-0.1, -0.05) is 6.07 Å². The summed E-state index contributed by atoms with van der Waals surface area (Å²) in [4.78, 5) is 10.1. The van der Waals surface area contributed by atoms with Gasteiger partial charge in [0.1, 0.15) is 0 Å². The summed E-state index contributed by atoms with van der Waals surface area (Å²) in [7, 11) is 1.62. The van der Waals surface area contributed by atoms with Gasteiger partial charge < -0.3 is 15.4 Å². The van der Waals surface area contributed by atoms with Gasteiger partial charge in [-0.25, -0.2) is 9.98 Å². The molecule has 0 aliphatic carbocycles. The Balaban J connectivity index is 1.88. The first-order valence-corrected chi connectivity index (χ1v) is 8.23. The van der Waals surface area contributed by atoms with Gasteiger partial charge in [0.15, 0.2) is 5.96 Å². The van der Waals surface area contributed by atoms with Gasteiger partial charge in [-0.05, 0) is 36.4 Å². The molecule has 0 aliphatic rings. The van der Waals surface area contributed by atoms with E-state index in [1.807, 2.05) is 12.1 Å². The Morgan fingerprint density at radius 1 is 1.36 bits per heavy atom. The number of aliphatic imine (C=N–C) groups is 1. The van der Waals surface area contributed by atoms with E-state index in [9.17, 15) is 0 Å². The van der Waals surface area contributed by atoms with Gasteiger partial charge in [-0.15, -0.1) is 11.3 Å². The van der Waals surface area contributed by atoms with Crippen LogP contribution in [-0.2, 0) is 13.0 Å². The molecular weight excluding hydrogens is 296 g/mol. The Morgan fingerprint density at radius 2 is 2.27 bits per heavy atom. The van der Waals surface area contributed by atoms with Crippen molar-refractivity contribution >= 4 is 17.3 Å². The molecule has 0 aliphatic heterocycles. The van der Waals surface area contributed by atoms with Crippen LogP contribution in [0.2, 0.25) is 0 Å². The van der Waals surface area contributed by atoms with E-state index in [0.29, 0.717) is 12.4 Å². The lowest BCUT2D eigenvalue weighted by molar-refractivity contribution is 0.397. The summed E-state index contributed by atoms with van der Waals surface area (Å²) in [5.41, 5.74) is 1.07. The molecule has 2 N–H and O–H groups in total. The summed E-state index contributed by atoms with van der Waals surface area (Å²) in [6.45, 7) is 4.36. The fourth-order valence-electron chi connectivity index (χ4n) is 1.93. The zero-order valence-electron chi connectivity index (χ0n) is 13.0. The molecule has 0 bridgehead atoms. The molecule has 2 rings (SSSR count). The standard InChI is InChI=1S/C16H22N4OS/c1-3-17-16(19-9-7-14-5-4-10-22-14)20-12-13-6-8-18-15(11-13)21-2/h4-6,8,10-11H,3,7,9,12H2,1-2H3,(H2,17,19,20). The van der Waals surface area contributed by atoms with Crippen LogP contribution < -0.4 is 15.4 Å². The number of guanidine groups is 1. The van der Waals surface area contributed by atoms with Crippen molar-refractivity contribution in [1.29, 1.82) is 0 Å². The van der Waals surface area contributed by atoms with Crippen LogP contribution in [0.4, 0.5) is 0 Å². The van der Waals surface area contributed by atoms with Crippen LogP contribution in [0.5, 0.6) is 5.88 Å². The monoisotopic (exact) mass is 318 g/mol. The van der Waals surface area contributed by atoms with E-state index in [0.717, 1.165) is 31.0 Å². The number of pyridine rings is 1. The lowest BCUT2D eigenvalue weighted by atomic mass is 10.3. The largest absolute Gasteiger partial charge is 0.481 e. The maximum atomic E-state index is 5.13. The number of ether oxygens (including phenoxy) is 1. The summed E-state index contributed by atoms with van der Waals surface area (Å²) in [6, 6.07) is 8.08. The Hall–Kier alpha value is -2.08. The smallest absolute Gasteiger partial charge is 0.213 e. The highest BCUT2D eigenvalue weighted by atomic mass is 32.1. The minimum Gasteiger partial charge on any atom is -0.481 e. The maximum Gasteiger partial charge on any atom is 0.213 e. The van der Waals surface area contributed by atoms with E-state index in [4.69, 9.17) is 4.74 Å². The number of hydrogen-bond acceptors (Lipinski definition) is 4. The molecule has 2 heterocycles. The topological polar surface area (TPSA) is 58.5 Å². The fourth-order valence-corrected chi connectivity index (χ4v) is 2.64. The average Bonchev–Trinajstić information content (AvgIpc) is 3.06. The zero-order chi connectivity index (χ0) is 15.6. The molecule has 6 heteroatoms. The van der Waals surface area contributed by atoms with Crippen LogP contribution in [0.15, 0.2) is 40.8 Å². The molecule has 5 nitrogen and oxygen atoms in total. The molecule has 0 aromatic carbocycles. The molecule has 22 heavy (non-hydrogen) atoms. The predicted octanol–water partition coefficient (Wildman–Crippen LogP) is 2.45. The first kappa shape index (κ1) is 16.3. The Labute approximate surface area is 135 Å². The van der Waals surface area contributed by atoms with E-state index < -0.39 is 0 Å². The fraction of sp³-hybridized carbons (Fsp3) is 0.375. The Bertz CT molecular complexity index is 584. The molecule has 0 amide bonds. The predicted molar refractivity (Wildman–Crippen MR) is 91.6 cm³/mol. The van der Waals surface area contributed by atoms with Crippen molar-refractivity contribution in [2.45, 2.75) is 19.9 Å². The van der Waals surface area contributed by atoms with Gasteiger partial charge in [0, 0.05) is 30.2 Å². The third kappa shape index (κ3) is 5.37. The van der Waals surface area contributed by atoms with E-state index >= 15 is 0 Å². The molecule has 0 spiro atoms. The second-order valence-electron chi connectivity index (χ2n) is 4.66. The van der Waals surface area contributed by atoms with Crippen molar-refractivity contribution in [2.24, 2.45) is 4.99 Å². The maximum absolute atomic E-state index is 5.13. The van der Waals surface area contributed by atoms with E-state index in [1.165, 1.54) is 4.88 Å². The Kier molecular flexibility index (Phi) is 6.70. The highest BCUT2D eigenvalue weighted by Crippen LogP contribution is 2.10. The van der Waals surface area contributed by atoms with Crippen LogP contribution in [0, 0.1) is 0 Å². The van der Waals surface area contributed by atoms with E-state index in [2.05, 4.69) is 45.0 Å². The number of rotatable bonds is 7. The Morgan fingerprint density at radius 3 is 3.00 bits per heavy atom. The van der Waals surface area contributed by atoms with Crippen LogP contribution >= 0.6 is 11.3 Å². The summed E-state index contributed by atoms with van der Waals surface area (Å²) in [6.07, 6.45) is 2.74. The molecular formula is C16H22N4OS. The lowest BCUT2D eigenvalue weighted by Gasteiger charge is -2.11. The third-order valence-electron chi connectivity index (χ3n) is 3.02. The van der Waals surface area contributed by atoms with Gasteiger partial charge in [0.2, 0.25) is 5.88 Å². The first-order valence-electron chi connectivity index (χ1n) is 7.35. The molecule has 0 unspecified atom stereocenters. The normalized spacial score (nSPS) is 11.3. The number of nitrogens with one attached hydrogen (secondary N) is 2. The van der Waals surface area contributed by atoms with Gasteiger partial charge in [-0.3, -0.25) is 0 Å². The molecule has 118 valence electrons. The van der Waals surface area contributed by atoms with Crippen molar-refractivity contribution in [2.75, 3.05) is 20.2 Å². The quantitative estimate of drug-likeness (QED) is 0.608. The summed E-state index contributed by atoms with van der Waals surface area (Å²) in [5.74, 6) is 1.44. The highest BCUT2D eigenvalue weighted by molar-refractivity contribution is 7.09. The molecule has 2 aromatic rings. The average molecular weight is 318 g/mol. The van der Waals surface area contributed by atoms with Crippen molar-refractivity contribution < 1.29 is 4.74 Å². The van der Waals surface area contributed by atoms with Crippen LogP contribution in [0.3, 0.4) is 0 Å². The van der Waals surface area contributed by atoms with Gasteiger partial charge in [0.05, 0.1) is 13.7 Å². The summed E-state index contributed by atoms with van der Waals surface area (Å²) >= 11 is 1.78. The van der Waals surface area contributed by atoms with Gasteiger partial charge in [-0.2, -0.15) is 0 Å². The van der Waals surface area contributed by atoms with Crippen LogP contribution in [-0.4, -0.2) is 31.1 Å². The number of methoxy groups -OCH3 is 1. The van der Waals surface area contributed by atoms with E-state index in [-0.39, 0.29) is 0 Å². The van der Waals surface area contributed by atoms with Crippen LogP contribution in [0.25, 0.3) is 0 Å². The second kappa shape index (κ2) is 9.04. The molecule has 0 radical (unpaired) electrons. The molecule has 0 fully saturated rings. The summed E-state index contributed by atoms with van der Waals surface area (Å²) in [5, 5.41) is 8.72. The molecule has 0 saturated heterocycles. The molecule has 0 saturated carbocycles. The van der Waals surface area contributed by atoms with Gasteiger partial charge in [0.25, 0.3) is 0 Å². The number of hydrogen-bond donors (Lipinski definition) is 2. The number of thiophene rings is 1. The SMILES string of the molecule is CCNC(=NCc1ccnc(OC)c1)NCCc1cccs1. The van der Waals surface area contributed by atoms with Crippen molar-refractivity contribution in [3.05, 3.63) is 46.3 Å². The van der Waals surface area contributed by atoms with Crippen molar-refractivity contribution in [3.63, 3.8) is 0 Å². The minimum atomic E-state index is 0.590. The second-order valence-corrected chi connectivity index (χ2v) is 5.69.